The molecule has 0 aromatic rings. The van der Waals surface area contributed by atoms with E-state index >= 15 is 0 Å². The Bertz CT molecular complexity index is 192. The van der Waals surface area contributed by atoms with Gasteiger partial charge in [-0.3, -0.25) is 0 Å². The van der Waals surface area contributed by atoms with E-state index in [0.29, 0.717) is 5.92 Å². The maximum Gasteiger partial charge on any atom is -0.00727 e. The summed E-state index contributed by atoms with van der Waals surface area (Å²) < 4.78 is 0. The molecule has 11 heavy (non-hydrogen) atoms. The molecule has 1 saturated carbocycles. The van der Waals surface area contributed by atoms with Crippen LogP contribution < -0.4 is 0 Å². The Hall–Kier alpha value is -0.520. The Morgan fingerprint density at radius 3 is 2.55 bits per heavy atom. The molecule has 2 aliphatic rings. The third-order valence-electron chi connectivity index (χ3n) is 2.87. The summed E-state index contributed by atoms with van der Waals surface area (Å²) in [4.78, 5) is 0. The fraction of sp³-hybridized carbons (Fsp3) is 0.636. The molecule has 0 bridgehead atoms. The van der Waals surface area contributed by atoms with Gasteiger partial charge in [-0.2, -0.15) is 0 Å². The second-order valence-corrected chi connectivity index (χ2v) is 3.87. The zero-order valence-corrected chi connectivity index (χ0v) is 7.22. The summed E-state index contributed by atoms with van der Waals surface area (Å²) in [5, 5.41) is 0. The van der Waals surface area contributed by atoms with E-state index in [2.05, 4.69) is 25.2 Å². The molecule has 0 N–H and O–H groups in total. The summed E-state index contributed by atoms with van der Waals surface area (Å²) in [7, 11) is 0. The lowest BCUT2D eigenvalue weighted by Gasteiger charge is -2.07. The van der Waals surface area contributed by atoms with Gasteiger partial charge in [0.05, 0.1) is 0 Å². The average Bonchev–Trinajstić information content (AvgIpc) is 2.55. The van der Waals surface area contributed by atoms with Crippen molar-refractivity contribution < 1.29 is 0 Å². The molecular formula is C11H16. The first kappa shape index (κ1) is 7.15. The monoisotopic (exact) mass is 148 g/mol. The van der Waals surface area contributed by atoms with Gasteiger partial charge in [0.1, 0.15) is 0 Å². The van der Waals surface area contributed by atoms with Gasteiger partial charge in [0.25, 0.3) is 0 Å². The first-order valence-electron chi connectivity index (χ1n) is 4.76. The van der Waals surface area contributed by atoms with E-state index in [4.69, 9.17) is 0 Å². The Labute approximate surface area is 69.0 Å². The van der Waals surface area contributed by atoms with Gasteiger partial charge in [0, 0.05) is 0 Å². The molecule has 0 spiro atoms. The van der Waals surface area contributed by atoms with Gasteiger partial charge in [-0.15, -0.1) is 0 Å². The van der Waals surface area contributed by atoms with E-state index in [1.807, 2.05) is 0 Å². The van der Waals surface area contributed by atoms with Crippen molar-refractivity contribution in [2.45, 2.75) is 32.6 Å². The normalized spacial score (nSPS) is 31.4. The standard InChI is InChI=1S/C11H16/c1-9-6-7-11(8-9)10-4-2-3-5-10/h6-10H,2-5H2,1H3. The van der Waals surface area contributed by atoms with Crippen LogP contribution in [0.3, 0.4) is 0 Å². The van der Waals surface area contributed by atoms with Gasteiger partial charge in [0.2, 0.25) is 0 Å². The molecule has 2 rings (SSSR count). The Morgan fingerprint density at radius 1 is 1.27 bits per heavy atom. The van der Waals surface area contributed by atoms with E-state index in [1.165, 1.54) is 25.7 Å². The van der Waals surface area contributed by atoms with E-state index in [1.54, 1.807) is 5.57 Å². The number of hydrogen-bond donors (Lipinski definition) is 0. The van der Waals surface area contributed by atoms with Gasteiger partial charge in [-0.25, -0.2) is 0 Å². The van der Waals surface area contributed by atoms with E-state index in [0.717, 1.165) is 5.92 Å². The second kappa shape index (κ2) is 2.84. The van der Waals surface area contributed by atoms with Crippen molar-refractivity contribution in [3.05, 3.63) is 23.8 Å². The molecule has 0 radical (unpaired) electrons. The smallest absolute Gasteiger partial charge is 0.00727 e. The summed E-state index contributed by atoms with van der Waals surface area (Å²) in [5.41, 5.74) is 1.62. The molecular weight excluding hydrogens is 132 g/mol. The molecule has 1 unspecified atom stereocenters. The minimum absolute atomic E-state index is 0.700. The van der Waals surface area contributed by atoms with Crippen LogP contribution in [-0.4, -0.2) is 0 Å². The van der Waals surface area contributed by atoms with E-state index < -0.39 is 0 Å². The van der Waals surface area contributed by atoms with Crippen molar-refractivity contribution in [1.29, 1.82) is 0 Å². The maximum atomic E-state index is 2.43. The lowest BCUT2D eigenvalue weighted by Crippen LogP contribution is -1.93. The van der Waals surface area contributed by atoms with Crippen molar-refractivity contribution in [1.82, 2.24) is 0 Å². The highest BCUT2D eigenvalue weighted by Crippen LogP contribution is 2.34. The molecule has 0 aromatic heterocycles. The topological polar surface area (TPSA) is 0 Å². The van der Waals surface area contributed by atoms with Gasteiger partial charge in [-0.1, -0.05) is 38.0 Å². The van der Waals surface area contributed by atoms with Crippen molar-refractivity contribution >= 4 is 0 Å². The predicted molar refractivity (Wildman–Crippen MR) is 48.3 cm³/mol. The van der Waals surface area contributed by atoms with Crippen molar-refractivity contribution in [2.75, 3.05) is 0 Å². The fourth-order valence-corrected chi connectivity index (χ4v) is 2.21. The second-order valence-electron chi connectivity index (χ2n) is 3.87. The molecule has 1 atom stereocenters. The van der Waals surface area contributed by atoms with Crippen LogP contribution in [0.5, 0.6) is 0 Å². The number of allylic oxidation sites excluding steroid dienone is 4. The highest BCUT2D eigenvalue weighted by atomic mass is 14.2. The van der Waals surface area contributed by atoms with Crippen molar-refractivity contribution in [3.8, 4) is 0 Å². The SMILES string of the molecule is CC1C=CC(C2CCCC2)=C1. The molecule has 0 amide bonds. The van der Waals surface area contributed by atoms with Crippen LogP contribution in [0.15, 0.2) is 23.8 Å². The molecule has 0 saturated heterocycles. The van der Waals surface area contributed by atoms with Crippen LogP contribution in [0.4, 0.5) is 0 Å². The maximum absolute atomic E-state index is 2.43. The van der Waals surface area contributed by atoms with Gasteiger partial charge in [0.15, 0.2) is 0 Å². The summed E-state index contributed by atoms with van der Waals surface area (Å²) >= 11 is 0. The van der Waals surface area contributed by atoms with Gasteiger partial charge < -0.3 is 0 Å². The minimum Gasteiger partial charge on any atom is -0.0776 e. The highest BCUT2D eigenvalue weighted by Gasteiger charge is 2.19. The van der Waals surface area contributed by atoms with E-state index in [9.17, 15) is 0 Å². The molecule has 0 heteroatoms. The number of rotatable bonds is 1. The first-order valence-corrected chi connectivity index (χ1v) is 4.76. The van der Waals surface area contributed by atoms with Crippen LogP contribution >= 0.6 is 0 Å². The summed E-state index contributed by atoms with van der Waals surface area (Å²) in [6.07, 6.45) is 12.8. The molecule has 0 heterocycles. The summed E-state index contributed by atoms with van der Waals surface area (Å²) in [6, 6.07) is 0. The lowest BCUT2D eigenvalue weighted by atomic mass is 9.98. The summed E-state index contributed by atoms with van der Waals surface area (Å²) in [5.74, 6) is 1.61. The highest BCUT2D eigenvalue weighted by molar-refractivity contribution is 5.30. The predicted octanol–water partition coefficient (Wildman–Crippen LogP) is 3.31. The van der Waals surface area contributed by atoms with Gasteiger partial charge in [-0.05, 0) is 30.3 Å². The van der Waals surface area contributed by atoms with Crippen molar-refractivity contribution in [3.63, 3.8) is 0 Å². The zero-order chi connectivity index (χ0) is 7.68. The van der Waals surface area contributed by atoms with Crippen LogP contribution in [0.2, 0.25) is 0 Å². The number of hydrogen-bond acceptors (Lipinski definition) is 0. The first-order chi connectivity index (χ1) is 5.36. The van der Waals surface area contributed by atoms with Crippen LogP contribution in [0.1, 0.15) is 32.6 Å². The molecule has 1 fully saturated rings. The van der Waals surface area contributed by atoms with Crippen LogP contribution in [-0.2, 0) is 0 Å². The Kier molecular flexibility index (Phi) is 1.85. The Morgan fingerprint density at radius 2 is 2.00 bits per heavy atom. The molecule has 60 valence electrons. The third-order valence-corrected chi connectivity index (χ3v) is 2.87. The minimum atomic E-state index is 0.700. The molecule has 0 nitrogen and oxygen atoms in total. The fourth-order valence-electron chi connectivity index (χ4n) is 2.21. The third kappa shape index (κ3) is 1.40. The largest absolute Gasteiger partial charge is 0.0776 e. The molecule has 2 aliphatic carbocycles. The molecule has 0 aliphatic heterocycles. The van der Waals surface area contributed by atoms with Gasteiger partial charge >= 0.3 is 0 Å². The van der Waals surface area contributed by atoms with Crippen LogP contribution in [0.25, 0.3) is 0 Å². The lowest BCUT2D eigenvalue weighted by molar-refractivity contribution is 0.656. The zero-order valence-electron chi connectivity index (χ0n) is 7.22. The molecule has 0 aromatic carbocycles. The quantitative estimate of drug-likeness (QED) is 0.535. The Balaban J connectivity index is 2.05. The van der Waals surface area contributed by atoms with Crippen LogP contribution in [0, 0.1) is 11.8 Å². The average molecular weight is 148 g/mol. The van der Waals surface area contributed by atoms with Crippen molar-refractivity contribution in [2.24, 2.45) is 11.8 Å². The van der Waals surface area contributed by atoms with E-state index in [-0.39, 0.29) is 0 Å². The summed E-state index contributed by atoms with van der Waals surface area (Å²) in [6.45, 7) is 2.26.